The first-order chi connectivity index (χ1) is 8.59. The third-order valence-electron chi connectivity index (χ3n) is 3.02. The lowest BCUT2D eigenvalue weighted by atomic mass is 10.2. The molecule has 0 aliphatic carbocycles. The summed E-state index contributed by atoms with van der Waals surface area (Å²) in [7, 11) is 1.90. The molecule has 0 saturated carbocycles. The first kappa shape index (κ1) is 13.1. The molecule has 1 aromatic carbocycles. The molecule has 0 spiro atoms. The van der Waals surface area contributed by atoms with Crippen LogP contribution < -0.4 is 5.32 Å². The number of rotatable bonds is 4. The molecule has 1 N–H and O–H groups in total. The number of nitrogens with one attached hydrogen (secondary N) is 1. The van der Waals surface area contributed by atoms with E-state index in [-0.39, 0.29) is 5.82 Å². The van der Waals surface area contributed by atoms with Crippen LogP contribution in [0.2, 0.25) is 5.02 Å². The van der Waals surface area contributed by atoms with Crippen LogP contribution in [-0.2, 0) is 20.1 Å². The summed E-state index contributed by atoms with van der Waals surface area (Å²) in [6.07, 6.45) is 1.81. The second kappa shape index (κ2) is 5.50. The minimum Gasteiger partial charge on any atom is -0.308 e. The third kappa shape index (κ3) is 2.71. The lowest BCUT2D eigenvalue weighted by Crippen LogP contribution is -2.14. The molecule has 0 amide bonds. The predicted octanol–water partition coefficient (Wildman–Crippen LogP) is 2.81. The Bertz CT molecular complexity index is 531. The molecule has 0 unspecified atom stereocenters. The molecule has 1 aromatic heterocycles. The van der Waals surface area contributed by atoms with Gasteiger partial charge in [-0.3, -0.25) is 4.68 Å². The van der Waals surface area contributed by atoms with E-state index in [0.29, 0.717) is 23.7 Å². The number of benzene rings is 1. The van der Waals surface area contributed by atoms with Crippen molar-refractivity contribution in [1.82, 2.24) is 15.1 Å². The number of aromatic nitrogens is 2. The van der Waals surface area contributed by atoms with Crippen molar-refractivity contribution in [3.63, 3.8) is 0 Å². The maximum atomic E-state index is 13.5. The molecule has 1 heterocycles. The highest BCUT2D eigenvalue weighted by atomic mass is 35.5. The van der Waals surface area contributed by atoms with E-state index in [1.54, 1.807) is 12.1 Å². The van der Waals surface area contributed by atoms with Gasteiger partial charge in [-0.05, 0) is 19.1 Å². The normalized spacial score (nSPS) is 10.9. The Labute approximate surface area is 111 Å². The van der Waals surface area contributed by atoms with Crippen molar-refractivity contribution in [2.24, 2.45) is 7.05 Å². The second-order valence-corrected chi connectivity index (χ2v) is 4.59. The number of halogens is 2. The van der Waals surface area contributed by atoms with Gasteiger partial charge in [0.15, 0.2) is 0 Å². The number of nitrogens with zero attached hydrogens (tertiary/aromatic N) is 2. The van der Waals surface area contributed by atoms with Crippen LogP contribution >= 0.6 is 11.6 Å². The van der Waals surface area contributed by atoms with Gasteiger partial charge < -0.3 is 5.32 Å². The first-order valence-corrected chi connectivity index (χ1v) is 6.08. The molecule has 2 aromatic rings. The molecule has 0 aliphatic rings. The molecule has 18 heavy (non-hydrogen) atoms. The van der Waals surface area contributed by atoms with Crippen molar-refractivity contribution in [1.29, 1.82) is 0 Å². The van der Waals surface area contributed by atoms with E-state index in [1.165, 1.54) is 6.07 Å². The Morgan fingerprint density at radius 2 is 2.17 bits per heavy atom. The van der Waals surface area contributed by atoms with Crippen LogP contribution in [0, 0.1) is 12.7 Å². The average molecular weight is 268 g/mol. The van der Waals surface area contributed by atoms with Gasteiger partial charge in [0.1, 0.15) is 5.82 Å². The zero-order chi connectivity index (χ0) is 13.1. The molecule has 3 nitrogen and oxygen atoms in total. The monoisotopic (exact) mass is 267 g/mol. The van der Waals surface area contributed by atoms with Gasteiger partial charge in [0, 0.05) is 42.0 Å². The second-order valence-electron chi connectivity index (χ2n) is 4.18. The lowest BCUT2D eigenvalue weighted by Gasteiger charge is -2.07. The van der Waals surface area contributed by atoms with Crippen LogP contribution in [0.4, 0.5) is 4.39 Å². The van der Waals surface area contributed by atoms with Gasteiger partial charge in [0.25, 0.3) is 0 Å². The number of hydrogen-bond acceptors (Lipinski definition) is 2. The van der Waals surface area contributed by atoms with Gasteiger partial charge in [-0.2, -0.15) is 5.10 Å². The highest BCUT2D eigenvalue weighted by Crippen LogP contribution is 2.18. The van der Waals surface area contributed by atoms with Crippen molar-refractivity contribution in [3.05, 3.63) is 52.1 Å². The highest BCUT2D eigenvalue weighted by Gasteiger charge is 2.07. The Balaban J connectivity index is 1.99. The summed E-state index contributed by atoms with van der Waals surface area (Å²) in [5, 5.41) is 7.78. The maximum Gasteiger partial charge on any atom is 0.129 e. The van der Waals surface area contributed by atoms with E-state index >= 15 is 0 Å². The quantitative estimate of drug-likeness (QED) is 0.923. The Morgan fingerprint density at radius 3 is 2.78 bits per heavy atom. The maximum absolute atomic E-state index is 13.5. The molecule has 0 saturated heterocycles. The number of hydrogen-bond donors (Lipinski definition) is 1. The Morgan fingerprint density at radius 1 is 1.39 bits per heavy atom. The van der Waals surface area contributed by atoms with Crippen LogP contribution in [0.3, 0.4) is 0 Å². The minimum absolute atomic E-state index is 0.280. The molecular formula is C13H15ClFN3. The zero-order valence-electron chi connectivity index (χ0n) is 10.4. The van der Waals surface area contributed by atoms with E-state index in [1.807, 2.05) is 24.9 Å². The van der Waals surface area contributed by atoms with Crippen molar-refractivity contribution in [2.75, 3.05) is 0 Å². The third-order valence-corrected chi connectivity index (χ3v) is 3.37. The predicted molar refractivity (Wildman–Crippen MR) is 69.9 cm³/mol. The SMILES string of the molecule is Cc1c(CNCc2c(F)cccc2Cl)cnn1C. The van der Waals surface area contributed by atoms with Gasteiger partial charge in [0.05, 0.1) is 6.20 Å². The minimum atomic E-state index is -0.280. The molecule has 0 atom stereocenters. The van der Waals surface area contributed by atoms with Crippen LogP contribution in [0.1, 0.15) is 16.8 Å². The van der Waals surface area contributed by atoms with Crippen LogP contribution in [0.25, 0.3) is 0 Å². The highest BCUT2D eigenvalue weighted by molar-refractivity contribution is 6.31. The Hall–Kier alpha value is -1.39. The first-order valence-electron chi connectivity index (χ1n) is 5.70. The number of aryl methyl sites for hydroxylation is 1. The summed E-state index contributed by atoms with van der Waals surface area (Å²) in [4.78, 5) is 0. The van der Waals surface area contributed by atoms with Crippen LogP contribution in [0.15, 0.2) is 24.4 Å². The van der Waals surface area contributed by atoms with E-state index in [4.69, 9.17) is 11.6 Å². The van der Waals surface area contributed by atoms with Gasteiger partial charge in [0.2, 0.25) is 0 Å². The van der Waals surface area contributed by atoms with E-state index in [2.05, 4.69) is 10.4 Å². The van der Waals surface area contributed by atoms with Crippen molar-refractivity contribution in [3.8, 4) is 0 Å². The largest absolute Gasteiger partial charge is 0.308 e. The van der Waals surface area contributed by atoms with Gasteiger partial charge >= 0.3 is 0 Å². The summed E-state index contributed by atoms with van der Waals surface area (Å²) >= 11 is 5.95. The molecule has 96 valence electrons. The molecule has 2 rings (SSSR count). The molecule has 0 bridgehead atoms. The van der Waals surface area contributed by atoms with Crippen LogP contribution in [-0.4, -0.2) is 9.78 Å². The molecular weight excluding hydrogens is 253 g/mol. The zero-order valence-corrected chi connectivity index (χ0v) is 11.1. The van der Waals surface area contributed by atoms with Gasteiger partial charge in [-0.15, -0.1) is 0 Å². The fourth-order valence-electron chi connectivity index (χ4n) is 1.74. The van der Waals surface area contributed by atoms with Crippen molar-refractivity contribution >= 4 is 11.6 Å². The van der Waals surface area contributed by atoms with E-state index in [0.717, 1.165) is 11.3 Å². The molecule has 0 radical (unpaired) electrons. The topological polar surface area (TPSA) is 29.9 Å². The summed E-state index contributed by atoms with van der Waals surface area (Å²) in [6, 6.07) is 4.71. The summed E-state index contributed by atoms with van der Waals surface area (Å²) in [5.41, 5.74) is 2.70. The Kier molecular flexibility index (Phi) is 3.99. The van der Waals surface area contributed by atoms with Gasteiger partial charge in [-0.1, -0.05) is 17.7 Å². The molecule has 0 fully saturated rings. The van der Waals surface area contributed by atoms with E-state index in [9.17, 15) is 4.39 Å². The average Bonchev–Trinajstić information content (AvgIpc) is 2.65. The molecule has 0 aliphatic heterocycles. The summed E-state index contributed by atoms with van der Waals surface area (Å²) in [5.74, 6) is -0.280. The lowest BCUT2D eigenvalue weighted by molar-refractivity contribution is 0.587. The fraction of sp³-hybridized carbons (Fsp3) is 0.308. The standard InChI is InChI=1S/C13H15ClFN3/c1-9-10(7-17-18(9)2)6-16-8-11-12(14)4-3-5-13(11)15/h3-5,7,16H,6,8H2,1-2H3. The van der Waals surface area contributed by atoms with Gasteiger partial charge in [-0.25, -0.2) is 4.39 Å². The summed E-state index contributed by atoms with van der Waals surface area (Å²) in [6.45, 7) is 3.05. The fourth-order valence-corrected chi connectivity index (χ4v) is 1.97. The van der Waals surface area contributed by atoms with Crippen molar-refractivity contribution in [2.45, 2.75) is 20.0 Å². The van der Waals surface area contributed by atoms with Crippen LogP contribution in [0.5, 0.6) is 0 Å². The summed E-state index contributed by atoms with van der Waals surface area (Å²) < 4.78 is 15.3. The van der Waals surface area contributed by atoms with Crippen molar-refractivity contribution < 1.29 is 4.39 Å². The molecule has 5 heteroatoms. The van der Waals surface area contributed by atoms with E-state index < -0.39 is 0 Å². The smallest absolute Gasteiger partial charge is 0.129 e.